The standard InChI is InChI=1S/C25H48N2.2C18BF15/c1-3-5-7-9-11-13-15-17-19-21-24-25(27-23-26-24)22-20-18-16-14-12-10-8-6-4-2;2*20-4-1(5(21)11(27)16(32)10(4)26)19(2-6(22)12(28)17(33)13(29)7(2)23)3-8(24)14(30)18(34)15(31)9(3)25/h23H,3-22H2,1-2H3,(H,26,27);;. The van der Waals surface area contributed by atoms with Gasteiger partial charge in [-0.25, -0.2) is 137 Å². The number of aromatic amines is 1. The number of rotatable bonds is 26. The second kappa shape index (κ2) is 34.5. The van der Waals surface area contributed by atoms with Gasteiger partial charge in [0.05, 0.1) is 12.0 Å². The normalized spacial score (nSPS) is 11.4. The Kier molecular flexibility index (Phi) is 28.4. The van der Waals surface area contributed by atoms with Crippen molar-refractivity contribution in [2.45, 2.75) is 142 Å². The van der Waals surface area contributed by atoms with Gasteiger partial charge in [-0.3, -0.25) is 0 Å². The Morgan fingerprint density at radius 2 is 0.379 bits per heavy atom. The number of hydrogen-bond acceptors (Lipinski definition) is 1. The van der Waals surface area contributed by atoms with Gasteiger partial charge in [0.1, 0.15) is 0 Å². The van der Waals surface area contributed by atoms with Gasteiger partial charge in [0, 0.05) is 38.5 Å². The van der Waals surface area contributed by atoms with Gasteiger partial charge in [-0.15, -0.1) is 0 Å². The Balaban J connectivity index is 0.000000260. The number of aryl methyl sites for hydroxylation is 2. The van der Waals surface area contributed by atoms with Crippen molar-refractivity contribution in [1.82, 2.24) is 9.97 Å². The van der Waals surface area contributed by atoms with Crippen LogP contribution in [0.2, 0.25) is 0 Å². The average Bonchev–Trinajstić information content (AvgIpc) is 0.756. The number of nitrogens with zero attached hydrogens (tertiary/aromatic N) is 1. The molecule has 2 nitrogen and oxygen atoms in total. The molecule has 0 unspecified atom stereocenters. The Morgan fingerprint density at radius 3 is 0.568 bits per heavy atom. The Hall–Kier alpha value is -7.44. The molecule has 0 bridgehead atoms. The second-order valence-electron chi connectivity index (χ2n) is 21.3. The first-order valence-corrected chi connectivity index (χ1v) is 28.8. The van der Waals surface area contributed by atoms with Crippen molar-refractivity contribution in [3.8, 4) is 0 Å². The molecule has 0 aliphatic rings. The molecule has 0 fully saturated rings. The van der Waals surface area contributed by atoms with E-state index in [4.69, 9.17) is 0 Å². The highest BCUT2D eigenvalue weighted by molar-refractivity contribution is 6.96. The molecular weight excluding hydrogens is 1350 g/mol. The maximum atomic E-state index is 14.4. The third-order valence-corrected chi connectivity index (χ3v) is 15.0. The van der Waals surface area contributed by atoms with Gasteiger partial charge < -0.3 is 4.98 Å². The lowest BCUT2D eigenvalue weighted by atomic mass is 9.36. The van der Waals surface area contributed by atoms with Crippen LogP contribution in [0.1, 0.15) is 141 Å². The molecule has 1 N–H and O–H groups in total. The highest BCUT2D eigenvalue weighted by Crippen LogP contribution is 2.28. The summed E-state index contributed by atoms with van der Waals surface area (Å²) in [5, 5.41) is 0. The zero-order chi connectivity index (χ0) is 71.4. The van der Waals surface area contributed by atoms with E-state index in [1.54, 1.807) is 0 Å². The predicted octanol–water partition coefficient (Wildman–Crippen LogP) is 17.1. The van der Waals surface area contributed by atoms with Crippen LogP contribution in [-0.4, -0.2) is 23.4 Å². The molecule has 0 aliphatic carbocycles. The monoisotopic (exact) mass is 1400 g/mol. The first-order chi connectivity index (χ1) is 44.7. The van der Waals surface area contributed by atoms with E-state index in [0.29, 0.717) is 0 Å². The van der Waals surface area contributed by atoms with E-state index >= 15 is 0 Å². The summed E-state index contributed by atoms with van der Waals surface area (Å²) in [7, 11) is 0. The van der Waals surface area contributed by atoms with Crippen molar-refractivity contribution >= 4 is 46.2 Å². The highest BCUT2D eigenvalue weighted by atomic mass is 19.2. The third-order valence-electron chi connectivity index (χ3n) is 15.0. The van der Waals surface area contributed by atoms with E-state index in [1.807, 2.05) is 6.33 Å². The van der Waals surface area contributed by atoms with Crippen LogP contribution in [0, 0.1) is 175 Å². The van der Waals surface area contributed by atoms with Crippen LogP contribution < -0.4 is 32.8 Å². The molecule has 0 radical (unpaired) electrons. The lowest BCUT2D eigenvalue weighted by molar-refractivity contribution is 0.380. The average molecular weight is 1400 g/mol. The van der Waals surface area contributed by atoms with Crippen LogP contribution in [0.5, 0.6) is 0 Å². The molecular formula is C61H48B2F30N2. The van der Waals surface area contributed by atoms with Gasteiger partial charge in [0.15, 0.2) is 175 Å². The smallest absolute Gasteiger partial charge is 0.265 e. The van der Waals surface area contributed by atoms with Crippen molar-refractivity contribution in [2.75, 3.05) is 0 Å². The Bertz CT molecular complexity index is 3150. The molecule has 34 heteroatoms. The molecule has 7 rings (SSSR count). The minimum absolute atomic E-state index is 1.17. The minimum atomic E-state index is -3.96. The summed E-state index contributed by atoms with van der Waals surface area (Å²) in [6.45, 7) is -3.34. The summed E-state index contributed by atoms with van der Waals surface area (Å²) in [6.07, 6.45) is 29.5. The van der Waals surface area contributed by atoms with Crippen LogP contribution in [0.4, 0.5) is 132 Å². The van der Waals surface area contributed by atoms with Crippen molar-refractivity contribution in [1.29, 1.82) is 0 Å². The van der Waals surface area contributed by atoms with Crippen LogP contribution in [0.15, 0.2) is 6.33 Å². The van der Waals surface area contributed by atoms with Gasteiger partial charge in [0.2, 0.25) is 0 Å². The minimum Gasteiger partial charge on any atom is -0.348 e. The zero-order valence-corrected chi connectivity index (χ0v) is 49.2. The fraction of sp³-hybridized carbons (Fsp3) is 0.361. The highest BCUT2D eigenvalue weighted by Gasteiger charge is 2.47. The summed E-state index contributed by atoms with van der Waals surface area (Å²) < 4.78 is 417. The van der Waals surface area contributed by atoms with Crippen molar-refractivity contribution < 1.29 is 132 Å². The number of hydrogen-bond donors (Lipinski definition) is 1. The number of imidazole rings is 1. The number of unbranched alkanes of at least 4 members (excludes halogenated alkanes) is 16. The Labute approximate surface area is 521 Å². The summed E-state index contributed by atoms with van der Waals surface area (Å²) in [5.41, 5.74) is -13.3. The van der Waals surface area contributed by atoms with Gasteiger partial charge in [-0.1, -0.05) is 117 Å². The first-order valence-electron chi connectivity index (χ1n) is 28.8. The summed E-state index contributed by atoms with van der Waals surface area (Å²) in [6, 6.07) is 0. The second-order valence-corrected chi connectivity index (χ2v) is 21.3. The maximum Gasteiger partial charge on any atom is 0.265 e. The molecule has 518 valence electrons. The van der Waals surface area contributed by atoms with Crippen molar-refractivity contribution in [2.24, 2.45) is 0 Å². The molecule has 0 saturated carbocycles. The summed E-state index contributed by atoms with van der Waals surface area (Å²) in [4.78, 5) is 7.99. The lowest BCUT2D eigenvalue weighted by Gasteiger charge is -2.21. The molecule has 0 atom stereocenters. The molecule has 0 saturated heterocycles. The van der Waals surface area contributed by atoms with Gasteiger partial charge in [-0.05, 0) is 25.7 Å². The summed E-state index contributed by atoms with van der Waals surface area (Å²) >= 11 is 0. The summed E-state index contributed by atoms with van der Waals surface area (Å²) in [5.74, 6) is -90.4. The van der Waals surface area contributed by atoms with E-state index in [9.17, 15) is 132 Å². The number of nitrogens with one attached hydrogen (secondary N) is 1. The number of benzene rings is 6. The first kappa shape index (κ1) is 78.3. The van der Waals surface area contributed by atoms with E-state index < -0.39 is 221 Å². The number of aromatic nitrogens is 2. The predicted molar refractivity (Wildman–Crippen MR) is 287 cm³/mol. The van der Waals surface area contributed by atoms with E-state index in [1.165, 1.54) is 140 Å². The van der Waals surface area contributed by atoms with Crippen LogP contribution in [-0.2, 0) is 12.8 Å². The molecule has 1 heterocycles. The van der Waals surface area contributed by atoms with Crippen LogP contribution in [0.3, 0.4) is 0 Å². The Morgan fingerprint density at radius 1 is 0.221 bits per heavy atom. The molecule has 0 spiro atoms. The van der Waals surface area contributed by atoms with E-state index in [2.05, 4.69) is 23.8 Å². The molecule has 1 aromatic heterocycles. The SMILES string of the molecule is CCCCCCCCCCCc1nc[nH]c1CCCCCCCCCCC.Fc1c(F)c(F)c(B(c2c(F)c(F)c(F)c(F)c2F)c2c(F)c(F)c(F)c(F)c2F)c(F)c1F.Fc1c(F)c(F)c(B(c2c(F)c(F)c(F)c(F)c2F)c2c(F)c(F)c(F)c(F)c2F)c(F)c1F. The van der Waals surface area contributed by atoms with Crippen molar-refractivity contribution in [3.63, 3.8) is 0 Å². The quantitative estimate of drug-likeness (QED) is 0.0189. The van der Waals surface area contributed by atoms with Gasteiger partial charge in [-0.2, -0.15) is 0 Å². The maximum absolute atomic E-state index is 14.4. The fourth-order valence-corrected chi connectivity index (χ4v) is 10.1. The van der Waals surface area contributed by atoms with E-state index in [-0.39, 0.29) is 0 Å². The van der Waals surface area contributed by atoms with Gasteiger partial charge in [0.25, 0.3) is 13.4 Å². The molecule has 6 aromatic carbocycles. The lowest BCUT2D eigenvalue weighted by Crippen LogP contribution is -2.60. The van der Waals surface area contributed by atoms with Gasteiger partial charge >= 0.3 is 0 Å². The molecule has 0 aliphatic heterocycles. The van der Waals surface area contributed by atoms with Crippen molar-refractivity contribution in [3.05, 3.63) is 192 Å². The zero-order valence-electron chi connectivity index (χ0n) is 49.2. The number of H-pyrrole nitrogens is 1. The topological polar surface area (TPSA) is 28.7 Å². The molecule has 7 aromatic rings. The largest absolute Gasteiger partial charge is 0.348 e. The van der Waals surface area contributed by atoms with Crippen LogP contribution in [0.25, 0.3) is 0 Å². The van der Waals surface area contributed by atoms with Crippen LogP contribution >= 0.6 is 0 Å². The molecule has 0 amide bonds. The number of halogens is 30. The molecule has 95 heavy (non-hydrogen) atoms. The third kappa shape index (κ3) is 16.7. The fourth-order valence-electron chi connectivity index (χ4n) is 10.1. The van der Waals surface area contributed by atoms with E-state index in [0.717, 1.165) is 0 Å².